The molecule has 1 heterocycles. The van der Waals surface area contributed by atoms with Crippen LogP contribution in [0.4, 0.5) is 0 Å². The summed E-state index contributed by atoms with van der Waals surface area (Å²) < 4.78 is 6.08. The fourth-order valence-electron chi connectivity index (χ4n) is 2.80. The van der Waals surface area contributed by atoms with E-state index in [0.717, 1.165) is 19.4 Å². The predicted octanol–water partition coefficient (Wildman–Crippen LogP) is 2.92. The van der Waals surface area contributed by atoms with Gasteiger partial charge in [0.25, 0.3) is 0 Å². The standard InChI is InChI=1S/C15H23NO/c1-11-5-6-12(2)14(9-11)15(3)10-13(16-4)7-8-17-15/h5-6,9,13,16H,7-8,10H2,1-4H3. The fraction of sp³-hybridized carbons (Fsp3) is 0.600. The molecule has 0 aromatic heterocycles. The van der Waals surface area contributed by atoms with Gasteiger partial charge in [0.05, 0.1) is 5.60 Å². The normalized spacial score (nSPS) is 29.3. The molecule has 0 radical (unpaired) electrons. The summed E-state index contributed by atoms with van der Waals surface area (Å²) in [5.41, 5.74) is 3.84. The Hall–Kier alpha value is -0.860. The Labute approximate surface area is 104 Å². The second kappa shape index (κ2) is 4.79. The lowest BCUT2D eigenvalue weighted by molar-refractivity contribution is -0.0808. The van der Waals surface area contributed by atoms with E-state index in [1.54, 1.807) is 0 Å². The van der Waals surface area contributed by atoms with Crippen molar-refractivity contribution >= 4 is 0 Å². The summed E-state index contributed by atoms with van der Waals surface area (Å²) in [6.07, 6.45) is 2.16. The summed E-state index contributed by atoms with van der Waals surface area (Å²) in [6, 6.07) is 7.20. The van der Waals surface area contributed by atoms with Gasteiger partial charge in [-0.05, 0) is 51.8 Å². The SMILES string of the molecule is CNC1CCOC(C)(c2cc(C)ccc2C)C1. The van der Waals surface area contributed by atoms with Gasteiger partial charge in [-0.3, -0.25) is 0 Å². The molecule has 1 fully saturated rings. The maximum Gasteiger partial charge on any atom is 0.0920 e. The highest BCUT2D eigenvalue weighted by molar-refractivity contribution is 5.35. The van der Waals surface area contributed by atoms with Crippen LogP contribution >= 0.6 is 0 Å². The van der Waals surface area contributed by atoms with Crippen molar-refractivity contribution in [3.63, 3.8) is 0 Å². The number of benzene rings is 1. The van der Waals surface area contributed by atoms with Crippen molar-refractivity contribution in [2.45, 2.75) is 45.3 Å². The minimum atomic E-state index is -0.137. The molecule has 1 saturated heterocycles. The Kier molecular flexibility index (Phi) is 3.55. The van der Waals surface area contributed by atoms with Gasteiger partial charge in [-0.1, -0.05) is 23.8 Å². The molecule has 2 nitrogen and oxygen atoms in total. The van der Waals surface area contributed by atoms with Crippen molar-refractivity contribution < 1.29 is 4.74 Å². The molecule has 2 unspecified atom stereocenters. The zero-order valence-corrected chi connectivity index (χ0v) is 11.3. The van der Waals surface area contributed by atoms with Gasteiger partial charge >= 0.3 is 0 Å². The average molecular weight is 233 g/mol. The van der Waals surface area contributed by atoms with Gasteiger partial charge in [-0.25, -0.2) is 0 Å². The molecule has 2 atom stereocenters. The van der Waals surface area contributed by atoms with E-state index in [0.29, 0.717) is 6.04 Å². The first-order valence-corrected chi connectivity index (χ1v) is 6.44. The van der Waals surface area contributed by atoms with Crippen LogP contribution in [0.1, 0.15) is 36.5 Å². The molecule has 94 valence electrons. The van der Waals surface area contributed by atoms with E-state index in [-0.39, 0.29) is 5.60 Å². The molecule has 1 aromatic rings. The Morgan fingerprint density at radius 1 is 1.35 bits per heavy atom. The smallest absolute Gasteiger partial charge is 0.0920 e. The zero-order valence-electron chi connectivity index (χ0n) is 11.3. The Balaban J connectivity index is 2.33. The molecule has 1 aromatic carbocycles. The second-order valence-electron chi connectivity index (χ2n) is 5.38. The third kappa shape index (κ3) is 2.53. The van der Waals surface area contributed by atoms with Crippen molar-refractivity contribution in [2.75, 3.05) is 13.7 Å². The van der Waals surface area contributed by atoms with E-state index >= 15 is 0 Å². The highest BCUT2D eigenvalue weighted by atomic mass is 16.5. The number of hydrogen-bond acceptors (Lipinski definition) is 2. The van der Waals surface area contributed by atoms with Crippen LogP contribution in [0.3, 0.4) is 0 Å². The predicted molar refractivity (Wildman–Crippen MR) is 71.3 cm³/mol. The van der Waals surface area contributed by atoms with Crippen LogP contribution < -0.4 is 5.32 Å². The minimum Gasteiger partial charge on any atom is -0.370 e. The van der Waals surface area contributed by atoms with E-state index in [2.05, 4.69) is 44.3 Å². The largest absolute Gasteiger partial charge is 0.370 e. The van der Waals surface area contributed by atoms with E-state index in [1.165, 1.54) is 16.7 Å². The Bertz CT molecular complexity index is 402. The molecule has 0 saturated carbocycles. The van der Waals surface area contributed by atoms with Gasteiger partial charge in [0.2, 0.25) is 0 Å². The monoisotopic (exact) mass is 233 g/mol. The van der Waals surface area contributed by atoms with Crippen LogP contribution in [-0.2, 0) is 10.3 Å². The topological polar surface area (TPSA) is 21.3 Å². The molecule has 17 heavy (non-hydrogen) atoms. The molecule has 1 aliphatic heterocycles. The summed E-state index contributed by atoms with van der Waals surface area (Å²) in [5.74, 6) is 0. The maximum absolute atomic E-state index is 6.08. The Morgan fingerprint density at radius 3 is 2.82 bits per heavy atom. The molecular formula is C15H23NO. The first kappa shape index (κ1) is 12.6. The molecule has 1 N–H and O–H groups in total. The van der Waals surface area contributed by atoms with Crippen LogP contribution in [0, 0.1) is 13.8 Å². The molecule has 0 bridgehead atoms. The highest BCUT2D eigenvalue weighted by Crippen LogP contribution is 2.36. The molecule has 0 aliphatic carbocycles. The number of aryl methyl sites for hydroxylation is 2. The number of hydrogen-bond donors (Lipinski definition) is 1. The number of rotatable bonds is 2. The summed E-state index contributed by atoms with van der Waals surface area (Å²) in [7, 11) is 2.04. The summed E-state index contributed by atoms with van der Waals surface area (Å²) in [6.45, 7) is 7.38. The first-order valence-electron chi connectivity index (χ1n) is 6.44. The lowest BCUT2D eigenvalue weighted by Gasteiger charge is -2.39. The van der Waals surface area contributed by atoms with Crippen molar-refractivity contribution in [1.82, 2.24) is 5.32 Å². The van der Waals surface area contributed by atoms with E-state index < -0.39 is 0 Å². The molecular weight excluding hydrogens is 210 g/mol. The van der Waals surface area contributed by atoms with Crippen LogP contribution in [0.25, 0.3) is 0 Å². The van der Waals surface area contributed by atoms with Gasteiger partial charge in [0.15, 0.2) is 0 Å². The van der Waals surface area contributed by atoms with E-state index in [9.17, 15) is 0 Å². The molecule has 2 rings (SSSR count). The first-order chi connectivity index (χ1) is 8.05. The zero-order chi connectivity index (χ0) is 12.5. The van der Waals surface area contributed by atoms with Crippen molar-refractivity contribution in [3.05, 3.63) is 34.9 Å². The highest BCUT2D eigenvalue weighted by Gasteiger charge is 2.35. The second-order valence-corrected chi connectivity index (χ2v) is 5.38. The van der Waals surface area contributed by atoms with Gasteiger partial charge < -0.3 is 10.1 Å². The van der Waals surface area contributed by atoms with Crippen LogP contribution in [-0.4, -0.2) is 19.7 Å². The Morgan fingerprint density at radius 2 is 2.12 bits per heavy atom. The summed E-state index contributed by atoms with van der Waals surface area (Å²) >= 11 is 0. The maximum atomic E-state index is 6.08. The van der Waals surface area contributed by atoms with Crippen LogP contribution in [0.15, 0.2) is 18.2 Å². The lowest BCUT2D eigenvalue weighted by Crippen LogP contribution is -2.42. The quantitative estimate of drug-likeness (QED) is 0.848. The van der Waals surface area contributed by atoms with Gasteiger partial charge in [0, 0.05) is 12.6 Å². The lowest BCUT2D eigenvalue weighted by atomic mass is 9.83. The third-order valence-electron chi connectivity index (χ3n) is 3.89. The van der Waals surface area contributed by atoms with Crippen molar-refractivity contribution in [2.24, 2.45) is 0 Å². The fourth-order valence-corrected chi connectivity index (χ4v) is 2.80. The third-order valence-corrected chi connectivity index (χ3v) is 3.89. The van der Waals surface area contributed by atoms with Crippen LogP contribution in [0.2, 0.25) is 0 Å². The summed E-state index contributed by atoms with van der Waals surface area (Å²) in [4.78, 5) is 0. The summed E-state index contributed by atoms with van der Waals surface area (Å²) in [5, 5.41) is 3.38. The van der Waals surface area contributed by atoms with Gasteiger partial charge in [-0.2, -0.15) is 0 Å². The van der Waals surface area contributed by atoms with Crippen LogP contribution in [0.5, 0.6) is 0 Å². The van der Waals surface area contributed by atoms with E-state index in [4.69, 9.17) is 4.74 Å². The van der Waals surface area contributed by atoms with Gasteiger partial charge in [-0.15, -0.1) is 0 Å². The van der Waals surface area contributed by atoms with Crippen molar-refractivity contribution in [1.29, 1.82) is 0 Å². The molecule has 1 aliphatic rings. The minimum absolute atomic E-state index is 0.137. The average Bonchev–Trinajstić information content (AvgIpc) is 2.32. The number of ether oxygens (including phenoxy) is 1. The molecule has 0 spiro atoms. The van der Waals surface area contributed by atoms with Crippen molar-refractivity contribution in [3.8, 4) is 0 Å². The number of nitrogens with one attached hydrogen (secondary N) is 1. The van der Waals surface area contributed by atoms with E-state index in [1.807, 2.05) is 7.05 Å². The van der Waals surface area contributed by atoms with Gasteiger partial charge in [0.1, 0.15) is 0 Å². The molecule has 2 heteroatoms. The molecule has 0 amide bonds.